The standard InChI is InChI=1S/C16H34N4S.HI/c1-7-17-15(18-13-16(4,5)21-6)20-10-8-19(9-11-20)12-14(2)3;/h14H,7-13H2,1-6H3,(H,17,18);1H. The molecule has 0 aliphatic carbocycles. The largest absolute Gasteiger partial charge is 0.357 e. The number of aliphatic imine (C=N–C) groups is 1. The topological polar surface area (TPSA) is 30.9 Å². The first kappa shape index (κ1) is 22.3. The van der Waals surface area contributed by atoms with Crippen LogP contribution in [-0.2, 0) is 0 Å². The zero-order valence-corrected chi connectivity index (χ0v) is 18.3. The summed E-state index contributed by atoms with van der Waals surface area (Å²) in [6, 6.07) is 0. The first-order valence-corrected chi connectivity index (χ1v) is 9.41. The molecule has 1 aliphatic heterocycles. The molecule has 0 aromatic carbocycles. The van der Waals surface area contributed by atoms with Gasteiger partial charge in [-0.25, -0.2) is 0 Å². The van der Waals surface area contributed by atoms with E-state index >= 15 is 0 Å². The second-order valence-electron chi connectivity index (χ2n) is 6.82. The molecule has 0 aromatic heterocycles. The van der Waals surface area contributed by atoms with Gasteiger partial charge in [-0.15, -0.1) is 24.0 Å². The predicted octanol–water partition coefficient (Wildman–Crippen LogP) is 2.99. The molecule has 1 saturated heterocycles. The molecule has 0 radical (unpaired) electrons. The molecule has 132 valence electrons. The molecule has 1 rings (SSSR count). The maximum Gasteiger partial charge on any atom is 0.194 e. The predicted molar refractivity (Wildman–Crippen MR) is 112 cm³/mol. The van der Waals surface area contributed by atoms with Crippen LogP contribution in [0.3, 0.4) is 0 Å². The molecule has 0 spiro atoms. The number of hydrogen-bond donors (Lipinski definition) is 1. The Labute approximate surface area is 158 Å². The van der Waals surface area contributed by atoms with E-state index in [9.17, 15) is 0 Å². The van der Waals surface area contributed by atoms with Crippen LogP contribution in [0.1, 0.15) is 34.6 Å². The van der Waals surface area contributed by atoms with E-state index in [0.29, 0.717) is 0 Å². The quantitative estimate of drug-likeness (QED) is 0.389. The highest BCUT2D eigenvalue weighted by molar-refractivity contribution is 14.0. The van der Waals surface area contributed by atoms with Crippen LogP contribution >= 0.6 is 35.7 Å². The Bertz CT molecular complexity index is 326. The van der Waals surface area contributed by atoms with Gasteiger partial charge in [-0.2, -0.15) is 11.8 Å². The van der Waals surface area contributed by atoms with Gasteiger partial charge in [0.25, 0.3) is 0 Å². The van der Waals surface area contributed by atoms with Gasteiger partial charge < -0.3 is 10.2 Å². The van der Waals surface area contributed by atoms with Gasteiger partial charge in [-0.3, -0.25) is 9.89 Å². The van der Waals surface area contributed by atoms with Crippen LogP contribution in [-0.4, -0.2) is 72.6 Å². The number of nitrogens with one attached hydrogen (secondary N) is 1. The molecule has 4 nitrogen and oxygen atoms in total. The lowest BCUT2D eigenvalue weighted by Crippen LogP contribution is -2.53. The Hall–Kier alpha value is 0.310. The van der Waals surface area contributed by atoms with Crippen molar-refractivity contribution >= 4 is 41.7 Å². The van der Waals surface area contributed by atoms with E-state index < -0.39 is 0 Å². The maximum absolute atomic E-state index is 4.86. The Morgan fingerprint density at radius 2 is 1.82 bits per heavy atom. The third-order valence-electron chi connectivity index (χ3n) is 3.79. The minimum absolute atomic E-state index is 0. The van der Waals surface area contributed by atoms with Crippen molar-refractivity contribution in [3.63, 3.8) is 0 Å². The first-order valence-electron chi connectivity index (χ1n) is 8.18. The number of guanidine groups is 1. The Balaban J connectivity index is 0.00000441. The summed E-state index contributed by atoms with van der Waals surface area (Å²) >= 11 is 1.88. The van der Waals surface area contributed by atoms with E-state index in [-0.39, 0.29) is 28.7 Å². The molecule has 1 N–H and O–H groups in total. The molecule has 1 fully saturated rings. The maximum atomic E-state index is 4.86. The number of nitrogens with zero attached hydrogens (tertiary/aromatic N) is 3. The highest BCUT2D eigenvalue weighted by Crippen LogP contribution is 2.21. The minimum Gasteiger partial charge on any atom is -0.357 e. The van der Waals surface area contributed by atoms with Crippen LogP contribution in [0.15, 0.2) is 4.99 Å². The van der Waals surface area contributed by atoms with Gasteiger partial charge in [-0.05, 0) is 32.9 Å². The van der Waals surface area contributed by atoms with Crippen LogP contribution in [0.25, 0.3) is 0 Å². The summed E-state index contributed by atoms with van der Waals surface area (Å²) in [6.07, 6.45) is 2.16. The van der Waals surface area contributed by atoms with Crippen LogP contribution in [0, 0.1) is 5.92 Å². The summed E-state index contributed by atoms with van der Waals surface area (Å²) in [4.78, 5) is 9.84. The first-order chi connectivity index (χ1) is 9.88. The monoisotopic (exact) mass is 442 g/mol. The summed E-state index contributed by atoms with van der Waals surface area (Å²) in [5.41, 5.74) is 0. The van der Waals surface area contributed by atoms with Gasteiger partial charge >= 0.3 is 0 Å². The van der Waals surface area contributed by atoms with Crippen molar-refractivity contribution in [1.82, 2.24) is 15.1 Å². The molecule has 0 saturated carbocycles. The lowest BCUT2D eigenvalue weighted by atomic mass is 10.2. The molecule has 0 bridgehead atoms. The average molecular weight is 442 g/mol. The van der Waals surface area contributed by atoms with E-state index in [0.717, 1.165) is 51.1 Å². The molecular weight excluding hydrogens is 407 g/mol. The van der Waals surface area contributed by atoms with Crippen molar-refractivity contribution in [2.45, 2.75) is 39.4 Å². The third kappa shape index (κ3) is 8.24. The highest BCUT2D eigenvalue weighted by atomic mass is 127. The van der Waals surface area contributed by atoms with Crippen molar-refractivity contribution in [3.05, 3.63) is 0 Å². The van der Waals surface area contributed by atoms with Crippen LogP contribution in [0.2, 0.25) is 0 Å². The molecule has 0 amide bonds. The van der Waals surface area contributed by atoms with E-state index in [2.05, 4.69) is 56.0 Å². The van der Waals surface area contributed by atoms with Crippen molar-refractivity contribution < 1.29 is 0 Å². The van der Waals surface area contributed by atoms with Gasteiger partial charge in [-0.1, -0.05) is 13.8 Å². The SMILES string of the molecule is CCNC(=NCC(C)(C)SC)N1CCN(CC(C)C)CC1.I. The van der Waals surface area contributed by atoms with Crippen LogP contribution in [0.5, 0.6) is 0 Å². The Kier molecular flexibility index (Phi) is 11.1. The summed E-state index contributed by atoms with van der Waals surface area (Å²) in [5.74, 6) is 1.84. The van der Waals surface area contributed by atoms with Gasteiger partial charge in [0.2, 0.25) is 0 Å². The molecule has 22 heavy (non-hydrogen) atoms. The molecule has 6 heteroatoms. The lowest BCUT2D eigenvalue weighted by Gasteiger charge is -2.37. The summed E-state index contributed by atoms with van der Waals surface area (Å²) in [7, 11) is 0. The van der Waals surface area contributed by atoms with E-state index in [4.69, 9.17) is 4.99 Å². The normalized spacial score (nSPS) is 17.6. The Morgan fingerprint density at radius 1 is 1.23 bits per heavy atom. The van der Waals surface area contributed by atoms with Crippen molar-refractivity contribution in [1.29, 1.82) is 0 Å². The molecule has 0 aromatic rings. The average Bonchev–Trinajstić information content (AvgIpc) is 2.44. The fourth-order valence-electron chi connectivity index (χ4n) is 2.41. The van der Waals surface area contributed by atoms with E-state index in [1.165, 1.54) is 6.54 Å². The van der Waals surface area contributed by atoms with Crippen LogP contribution in [0.4, 0.5) is 0 Å². The molecule has 1 heterocycles. The molecular formula is C16H35IN4S. The van der Waals surface area contributed by atoms with E-state index in [1.807, 2.05) is 11.8 Å². The van der Waals surface area contributed by atoms with Crippen LogP contribution < -0.4 is 5.32 Å². The molecule has 0 atom stereocenters. The molecule has 1 aliphatic rings. The summed E-state index contributed by atoms with van der Waals surface area (Å²) < 4.78 is 0.208. The second-order valence-corrected chi connectivity index (χ2v) is 8.33. The third-order valence-corrected chi connectivity index (χ3v) is 5.03. The number of halogens is 1. The van der Waals surface area contributed by atoms with Gasteiger partial charge in [0.05, 0.1) is 6.54 Å². The number of thioether (sulfide) groups is 1. The Morgan fingerprint density at radius 3 is 2.27 bits per heavy atom. The van der Waals surface area contributed by atoms with Crippen molar-refractivity contribution in [2.75, 3.05) is 52.1 Å². The zero-order chi connectivity index (χ0) is 15.9. The summed E-state index contributed by atoms with van der Waals surface area (Å²) in [6.45, 7) is 18.7. The minimum atomic E-state index is 0. The van der Waals surface area contributed by atoms with E-state index in [1.54, 1.807) is 0 Å². The fourth-order valence-corrected chi connectivity index (χ4v) is 2.61. The van der Waals surface area contributed by atoms with Gasteiger partial charge in [0, 0.05) is 44.0 Å². The van der Waals surface area contributed by atoms with Gasteiger partial charge in [0.1, 0.15) is 0 Å². The number of hydrogen-bond acceptors (Lipinski definition) is 3. The van der Waals surface area contributed by atoms with Gasteiger partial charge in [0.15, 0.2) is 5.96 Å². The summed E-state index contributed by atoms with van der Waals surface area (Å²) in [5, 5.41) is 3.45. The lowest BCUT2D eigenvalue weighted by molar-refractivity contribution is 0.164. The molecule has 0 unspecified atom stereocenters. The zero-order valence-electron chi connectivity index (χ0n) is 15.2. The second kappa shape index (κ2) is 11.0. The van der Waals surface area contributed by atoms with Crippen molar-refractivity contribution in [2.24, 2.45) is 10.9 Å². The van der Waals surface area contributed by atoms with Crippen molar-refractivity contribution in [3.8, 4) is 0 Å². The smallest absolute Gasteiger partial charge is 0.194 e. The fraction of sp³-hybridized carbons (Fsp3) is 0.938. The highest BCUT2D eigenvalue weighted by Gasteiger charge is 2.21. The number of rotatable bonds is 6. The number of piperazine rings is 1.